The lowest BCUT2D eigenvalue weighted by atomic mass is 9.80. The van der Waals surface area contributed by atoms with Gasteiger partial charge in [-0.2, -0.15) is 0 Å². The molecule has 13 heavy (non-hydrogen) atoms. The van der Waals surface area contributed by atoms with Crippen molar-refractivity contribution in [1.82, 2.24) is 4.90 Å². The van der Waals surface area contributed by atoms with Crippen LogP contribution in [0.3, 0.4) is 0 Å². The summed E-state index contributed by atoms with van der Waals surface area (Å²) >= 11 is 0. The first-order valence-electron chi connectivity index (χ1n) is 3.96. The van der Waals surface area contributed by atoms with E-state index in [0.717, 1.165) is 0 Å². The predicted molar refractivity (Wildman–Crippen MR) is 51.2 cm³/mol. The van der Waals surface area contributed by atoms with Crippen LogP contribution >= 0.6 is 12.4 Å². The predicted octanol–water partition coefficient (Wildman–Crippen LogP) is -1.63. The molecule has 2 atom stereocenters. The highest BCUT2D eigenvalue weighted by Gasteiger charge is 2.36. The third-order valence-electron chi connectivity index (χ3n) is 2.20. The Balaban J connectivity index is 0.00000144. The van der Waals surface area contributed by atoms with Crippen LogP contribution in [0.25, 0.3) is 0 Å². The third kappa shape index (κ3) is 2.57. The molecule has 1 amide bonds. The van der Waals surface area contributed by atoms with E-state index in [9.17, 15) is 4.79 Å². The Morgan fingerprint density at radius 2 is 2.23 bits per heavy atom. The van der Waals surface area contributed by atoms with Crippen molar-refractivity contribution in [1.29, 1.82) is 0 Å². The summed E-state index contributed by atoms with van der Waals surface area (Å²) in [5, 5.41) is 17.6. The summed E-state index contributed by atoms with van der Waals surface area (Å²) in [6.07, 6.45) is 0.593. The number of carbonyl (C=O) groups is 1. The second kappa shape index (κ2) is 4.81. The molecule has 1 rings (SSSR count). The number of nitrogens with two attached hydrogens (primary N) is 1. The maximum Gasteiger partial charge on any atom is 0.475 e. The van der Waals surface area contributed by atoms with E-state index in [1.54, 1.807) is 6.92 Å². The van der Waals surface area contributed by atoms with E-state index >= 15 is 0 Å². The molecule has 0 aromatic carbocycles. The average molecular weight is 208 g/mol. The molecule has 7 heteroatoms. The van der Waals surface area contributed by atoms with Gasteiger partial charge in [0, 0.05) is 6.54 Å². The van der Waals surface area contributed by atoms with Crippen molar-refractivity contribution in [2.75, 3.05) is 6.54 Å². The van der Waals surface area contributed by atoms with Crippen LogP contribution in [0.2, 0.25) is 0 Å². The van der Waals surface area contributed by atoms with Crippen molar-refractivity contribution in [3.63, 3.8) is 0 Å². The standard InChI is InChI=1S/C6H13BN2O3.ClH/c1-4(7(11)12)9-3-2-5(8)6(9)10;/h4-5,11-12H,2-3,8H2,1H3;1H/t4-,5+;/m0./s1. The maximum absolute atomic E-state index is 11.2. The molecule has 1 heterocycles. The van der Waals surface area contributed by atoms with Crippen molar-refractivity contribution >= 4 is 25.4 Å². The van der Waals surface area contributed by atoms with Gasteiger partial charge in [0.05, 0.1) is 12.0 Å². The number of amides is 1. The normalized spacial score (nSPS) is 24.2. The summed E-state index contributed by atoms with van der Waals surface area (Å²) < 4.78 is 0. The SMILES string of the molecule is C[C@@H](B(O)O)N1CC[C@@H](N)C1=O.Cl. The Morgan fingerprint density at radius 1 is 1.69 bits per heavy atom. The molecule has 76 valence electrons. The number of nitrogens with zero attached hydrogens (tertiary/aromatic N) is 1. The fourth-order valence-corrected chi connectivity index (χ4v) is 1.29. The first-order valence-corrected chi connectivity index (χ1v) is 3.96. The van der Waals surface area contributed by atoms with Crippen molar-refractivity contribution < 1.29 is 14.8 Å². The summed E-state index contributed by atoms with van der Waals surface area (Å²) in [4.78, 5) is 12.6. The van der Waals surface area contributed by atoms with E-state index in [1.807, 2.05) is 0 Å². The molecule has 4 N–H and O–H groups in total. The van der Waals surface area contributed by atoms with E-state index in [-0.39, 0.29) is 18.3 Å². The summed E-state index contributed by atoms with van der Waals surface area (Å²) in [5.41, 5.74) is 5.45. The van der Waals surface area contributed by atoms with Crippen LogP contribution in [0, 0.1) is 0 Å². The minimum absolute atomic E-state index is 0. The molecule has 0 aliphatic carbocycles. The molecule has 0 saturated carbocycles. The molecule has 0 aromatic heterocycles. The van der Waals surface area contributed by atoms with Gasteiger partial charge in [0.1, 0.15) is 0 Å². The zero-order valence-corrected chi connectivity index (χ0v) is 8.20. The Hall–Kier alpha value is -0.295. The van der Waals surface area contributed by atoms with E-state index in [1.165, 1.54) is 4.90 Å². The van der Waals surface area contributed by atoms with Crippen LogP contribution in [0.15, 0.2) is 0 Å². The summed E-state index contributed by atoms with van der Waals surface area (Å²) in [6.45, 7) is 2.10. The first kappa shape index (κ1) is 12.7. The highest BCUT2D eigenvalue weighted by molar-refractivity contribution is 6.43. The Bertz CT molecular complexity index is 193. The highest BCUT2D eigenvalue weighted by Crippen LogP contribution is 2.13. The van der Waals surface area contributed by atoms with Crippen molar-refractivity contribution in [2.45, 2.75) is 25.3 Å². The lowest BCUT2D eigenvalue weighted by molar-refractivity contribution is -0.129. The van der Waals surface area contributed by atoms with Crippen LogP contribution in [0.4, 0.5) is 0 Å². The highest BCUT2D eigenvalue weighted by atomic mass is 35.5. The zero-order chi connectivity index (χ0) is 9.30. The molecule has 1 aliphatic rings. The van der Waals surface area contributed by atoms with E-state index in [0.29, 0.717) is 13.0 Å². The smallest absolute Gasteiger partial charge is 0.426 e. The Labute approximate surface area is 83.5 Å². The minimum atomic E-state index is -1.49. The van der Waals surface area contributed by atoms with Crippen LogP contribution in [-0.2, 0) is 4.79 Å². The van der Waals surface area contributed by atoms with Gasteiger partial charge in [0.15, 0.2) is 0 Å². The Kier molecular flexibility index (Phi) is 4.70. The number of likely N-dealkylation sites (tertiary alicyclic amines) is 1. The largest absolute Gasteiger partial charge is 0.475 e. The second-order valence-electron chi connectivity index (χ2n) is 3.08. The number of hydrogen-bond acceptors (Lipinski definition) is 4. The van der Waals surface area contributed by atoms with Gasteiger partial charge in [-0.15, -0.1) is 12.4 Å². The lowest BCUT2D eigenvalue weighted by Gasteiger charge is -2.23. The molecule has 1 saturated heterocycles. The van der Waals surface area contributed by atoms with Gasteiger partial charge in [-0.05, 0) is 13.3 Å². The summed E-state index contributed by atoms with van der Waals surface area (Å²) in [5.74, 6) is -0.762. The minimum Gasteiger partial charge on any atom is -0.426 e. The third-order valence-corrected chi connectivity index (χ3v) is 2.20. The van der Waals surface area contributed by atoms with Gasteiger partial charge in [-0.3, -0.25) is 4.79 Å². The molecule has 1 fully saturated rings. The van der Waals surface area contributed by atoms with E-state index in [2.05, 4.69) is 0 Å². The fourth-order valence-electron chi connectivity index (χ4n) is 1.29. The van der Waals surface area contributed by atoms with Gasteiger partial charge < -0.3 is 20.7 Å². The van der Waals surface area contributed by atoms with Gasteiger partial charge >= 0.3 is 7.12 Å². The molecule has 0 unspecified atom stereocenters. The van der Waals surface area contributed by atoms with Crippen molar-refractivity contribution in [3.8, 4) is 0 Å². The van der Waals surface area contributed by atoms with E-state index in [4.69, 9.17) is 15.8 Å². The summed E-state index contributed by atoms with van der Waals surface area (Å²) in [7, 11) is -1.49. The molecular weight excluding hydrogens is 194 g/mol. The van der Waals surface area contributed by atoms with Crippen LogP contribution in [-0.4, -0.2) is 46.5 Å². The van der Waals surface area contributed by atoms with Crippen LogP contribution in [0.1, 0.15) is 13.3 Å². The quantitative estimate of drug-likeness (QED) is 0.476. The molecular formula is C6H14BClN2O3. The van der Waals surface area contributed by atoms with Crippen molar-refractivity contribution in [3.05, 3.63) is 0 Å². The number of carbonyl (C=O) groups excluding carboxylic acids is 1. The number of hydrogen-bond donors (Lipinski definition) is 3. The molecule has 0 bridgehead atoms. The molecule has 5 nitrogen and oxygen atoms in total. The Morgan fingerprint density at radius 3 is 2.54 bits per heavy atom. The van der Waals surface area contributed by atoms with Gasteiger partial charge in [0.2, 0.25) is 5.91 Å². The van der Waals surface area contributed by atoms with Gasteiger partial charge in [-0.1, -0.05) is 0 Å². The van der Waals surface area contributed by atoms with E-state index < -0.39 is 19.1 Å². The zero-order valence-electron chi connectivity index (χ0n) is 7.38. The van der Waals surface area contributed by atoms with Gasteiger partial charge in [0.25, 0.3) is 0 Å². The molecule has 1 aliphatic heterocycles. The molecule has 0 aromatic rings. The lowest BCUT2D eigenvalue weighted by Crippen LogP contribution is -2.47. The van der Waals surface area contributed by atoms with Crippen molar-refractivity contribution in [2.24, 2.45) is 5.73 Å². The van der Waals surface area contributed by atoms with Gasteiger partial charge in [-0.25, -0.2) is 0 Å². The van der Waals surface area contributed by atoms with Crippen LogP contribution in [0.5, 0.6) is 0 Å². The molecule has 0 spiro atoms. The maximum atomic E-state index is 11.2. The van der Waals surface area contributed by atoms with Crippen LogP contribution < -0.4 is 5.73 Å². The monoisotopic (exact) mass is 208 g/mol. The second-order valence-corrected chi connectivity index (χ2v) is 3.08. The topological polar surface area (TPSA) is 86.8 Å². The first-order chi connectivity index (χ1) is 5.54. The fraction of sp³-hybridized carbons (Fsp3) is 0.833. The average Bonchev–Trinajstić information content (AvgIpc) is 2.32. The molecule has 0 radical (unpaired) electrons. The number of rotatable bonds is 2. The number of halogens is 1. The summed E-state index contributed by atoms with van der Waals surface area (Å²) in [6, 6.07) is -0.466.